The molecule has 11 aromatic rings. The van der Waals surface area contributed by atoms with Crippen molar-refractivity contribution in [2.45, 2.75) is 31.6 Å². The first kappa shape index (κ1) is 22.5. The summed E-state index contributed by atoms with van der Waals surface area (Å²) in [7, 11) is 0. The topological polar surface area (TPSA) is 26.3 Å². The molecule has 0 bridgehead atoms. The molecular formula is C51H34O2. The van der Waals surface area contributed by atoms with Crippen molar-refractivity contribution in [3.8, 4) is 22.3 Å². The fraction of sp³-hybridized carbons (Fsp3) is 0.0980. The minimum atomic E-state index is -0.435. The number of rotatable bonds is 3. The van der Waals surface area contributed by atoms with Gasteiger partial charge in [-0.1, -0.05) is 128 Å². The van der Waals surface area contributed by atoms with Crippen molar-refractivity contribution < 1.29 is 19.8 Å². The van der Waals surface area contributed by atoms with Crippen molar-refractivity contribution in [3.05, 3.63) is 157 Å². The number of hydrogen-bond donors (Lipinski definition) is 0. The molecule has 0 N–H and O–H groups in total. The summed E-state index contributed by atoms with van der Waals surface area (Å²) >= 11 is 0. The van der Waals surface area contributed by atoms with Crippen LogP contribution in [0.3, 0.4) is 0 Å². The van der Waals surface area contributed by atoms with Crippen LogP contribution < -0.4 is 0 Å². The van der Waals surface area contributed by atoms with Crippen molar-refractivity contribution in [2.75, 3.05) is 0 Å². The number of furan rings is 2. The van der Waals surface area contributed by atoms with Gasteiger partial charge in [0.1, 0.15) is 22.3 Å². The third-order valence-electron chi connectivity index (χ3n) is 11.6. The summed E-state index contributed by atoms with van der Waals surface area (Å²) in [5.74, 6) is 0.351. The lowest BCUT2D eigenvalue weighted by molar-refractivity contribution is 0.663. The molecule has 1 aliphatic carbocycles. The van der Waals surface area contributed by atoms with Crippen molar-refractivity contribution >= 4 is 87.0 Å². The van der Waals surface area contributed by atoms with E-state index in [0.717, 1.165) is 74.4 Å². The van der Waals surface area contributed by atoms with Crippen LogP contribution in [0.1, 0.15) is 48.1 Å². The van der Waals surface area contributed by atoms with E-state index in [1.165, 1.54) is 5.56 Å². The zero-order valence-electron chi connectivity index (χ0n) is 36.5. The van der Waals surface area contributed by atoms with Gasteiger partial charge in [-0.25, -0.2) is 0 Å². The van der Waals surface area contributed by atoms with Crippen LogP contribution in [-0.2, 0) is 0 Å². The second-order valence-corrected chi connectivity index (χ2v) is 14.4. The van der Waals surface area contributed by atoms with E-state index in [1.807, 2.05) is 66.7 Å². The molecule has 9 aromatic carbocycles. The van der Waals surface area contributed by atoms with Gasteiger partial charge < -0.3 is 8.83 Å². The zero-order chi connectivity index (χ0) is 41.6. The van der Waals surface area contributed by atoms with Gasteiger partial charge in [0.25, 0.3) is 0 Å². The Bertz CT molecular complexity index is 3680. The molecule has 2 nitrogen and oxygen atoms in total. The summed E-state index contributed by atoms with van der Waals surface area (Å²) in [6.07, 6.45) is 4.42. The Hall–Kier alpha value is -6.38. The van der Waals surface area contributed by atoms with Gasteiger partial charge in [-0.05, 0) is 126 Å². The predicted molar refractivity (Wildman–Crippen MR) is 223 cm³/mol. The smallest absolute Gasteiger partial charge is 0.147 e. The summed E-state index contributed by atoms with van der Waals surface area (Å²) in [6.45, 7) is 0. The molecule has 1 fully saturated rings. The Morgan fingerprint density at radius 2 is 1.08 bits per heavy atom. The van der Waals surface area contributed by atoms with Crippen LogP contribution in [0.4, 0.5) is 0 Å². The van der Waals surface area contributed by atoms with Gasteiger partial charge in [0.15, 0.2) is 0 Å². The van der Waals surface area contributed by atoms with Crippen molar-refractivity contribution in [3.63, 3.8) is 0 Å². The van der Waals surface area contributed by atoms with Crippen molar-refractivity contribution in [1.82, 2.24) is 0 Å². The molecule has 0 spiro atoms. The van der Waals surface area contributed by atoms with Crippen LogP contribution in [0.25, 0.3) is 109 Å². The van der Waals surface area contributed by atoms with Crippen LogP contribution >= 0.6 is 0 Å². The second kappa shape index (κ2) is 11.1. The highest BCUT2D eigenvalue weighted by molar-refractivity contribution is 6.25. The Labute approximate surface area is 317 Å². The van der Waals surface area contributed by atoms with E-state index in [9.17, 15) is 5.48 Å². The highest BCUT2D eigenvalue weighted by Crippen LogP contribution is 2.47. The molecule has 2 heteroatoms. The Morgan fingerprint density at radius 3 is 1.81 bits per heavy atom. The molecule has 1 aliphatic rings. The van der Waals surface area contributed by atoms with Gasteiger partial charge in [-0.2, -0.15) is 0 Å². The van der Waals surface area contributed by atoms with Crippen LogP contribution in [0.15, 0.2) is 160 Å². The highest BCUT2D eigenvalue weighted by atomic mass is 16.3. The lowest BCUT2D eigenvalue weighted by atomic mass is 9.84. The molecule has 250 valence electrons. The fourth-order valence-corrected chi connectivity index (χ4v) is 9.26. The maximum absolute atomic E-state index is 9.53. The normalized spacial score (nSPS) is 16.2. The van der Waals surface area contributed by atoms with Crippen LogP contribution in [0.2, 0.25) is 0 Å². The van der Waals surface area contributed by atoms with Crippen LogP contribution in [0, 0.1) is 0 Å². The average molecular weight is 687 g/mol. The second-order valence-electron chi connectivity index (χ2n) is 14.4. The molecule has 0 amide bonds. The molecular weight excluding hydrogens is 645 g/mol. The summed E-state index contributed by atoms with van der Waals surface area (Å²) in [5, 5.41) is 8.58. The van der Waals surface area contributed by atoms with Crippen molar-refractivity contribution in [1.29, 1.82) is 0 Å². The van der Waals surface area contributed by atoms with Gasteiger partial charge in [0.05, 0.1) is 16.4 Å². The molecule has 0 atom stereocenters. The number of para-hydroxylation sites is 1. The van der Waals surface area contributed by atoms with E-state index >= 15 is 0 Å². The largest absolute Gasteiger partial charge is 0.456 e. The third kappa shape index (κ3) is 4.21. The van der Waals surface area contributed by atoms with E-state index in [4.69, 9.17) is 14.3 Å². The van der Waals surface area contributed by atoms with Gasteiger partial charge in [0, 0.05) is 16.2 Å². The third-order valence-corrected chi connectivity index (χ3v) is 11.6. The van der Waals surface area contributed by atoms with Crippen LogP contribution in [0.5, 0.6) is 0 Å². The van der Waals surface area contributed by atoms with E-state index in [1.54, 1.807) is 6.07 Å². The molecule has 2 aromatic heterocycles. The number of fused-ring (bicyclic) bond motifs is 12. The van der Waals surface area contributed by atoms with E-state index < -0.39 is 24.2 Å². The molecule has 1 saturated carbocycles. The standard InChI is InChI=1S/C51H34O2/c1-2-12-30(11-1)43-27-31-13-3-4-14-34(31)35-23-21-32(28-44(35)43)48-37-16-5-7-18-39(37)49(40-19-8-6-17-38(40)48)33-22-24-42-47(29-33)52-46-26-25-41-36-15-9-10-20-45(36)53-51(41)50(42)46/h3-10,13-30H,1-2,11-12H2/i5D,6D,7D,8D,16D,17D,18D,19D. The van der Waals surface area contributed by atoms with Gasteiger partial charge in [-0.3, -0.25) is 0 Å². The first-order valence-corrected chi connectivity index (χ1v) is 18.3. The molecule has 0 aliphatic heterocycles. The fourth-order valence-electron chi connectivity index (χ4n) is 9.26. The predicted octanol–water partition coefficient (Wildman–Crippen LogP) is 15.1. The molecule has 12 rings (SSSR count). The SMILES string of the molecule is [2H]c1c([2H])c([2H])c2c(-c3ccc4c(c3)c(C3CCCC3)cc3ccccc34)c3c([2H])c([2H])c([2H])c([2H])c3c(-c3ccc4c(c3)oc3ccc5c6ccccc6oc5c34)c2c1[2H]. The molecule has 53 heavy (non-hydrogen) atoms. The van der Waals surface area contributed by atoms with E-state index in [0.29, 0.717) is 39.4 Å². The lowest BCUT2D eigenvalue weighted by Crippen LogP contribution is -1.96. The minimum Gasteiger partial charge on any atom is -0.456 e. The lowest BCUT2D eigenvalue weighted by Gasteiger charge is -2.20. The molecule has 0 saturated heterocycles. The number of benzene rings is 9. The molecule has 0 radical (unpaired) electrons. The summed E-state index contributed by atoms with van der Waals surface area (Å²) in [5.41, 5.74) is 5.49. The van der Waals surface area contributed by atoms with Crippen molar-refractivity contribution in [2.24, 2.45) is 0 Å². The average Bonchev–Trinajstić information content (AvgIpc) is 4.05. The Kier molecular flexibility index (Phi) is 4.70. The van der Waals surface area contributed by atoms with E-state index in [-0.39, 0.29) is 51.3 Å². The monoisotopic (exact) mass is 686 g/mol. The molecule has 2 heterocycles. The quantitative estimate of drug-likeness (QED) is 0.137. The zero-order valence-corrected chi connectivity index (χ0v) is 28.5. The number of hydrogen-bond acceptors (Lipinski definition) is 2. The van der Waals surface area contributed by atoms with E-state index in [2.05, 4.69) is 30.3 Å². The summed E-state index contributed by atoms with van der Waals surface area (Å²) < 4.78 is 86.8. The first-order chi connectivity index (χ1) is 29.6. The maximum atomic E-state index is 9.53. The first-order valence-electron chi connectivity index (χ1n) is 22.3. The maximum Gasteiger partial charge on any atom is 0.147 e. The van der Waals surface area contributed by atoms with Gasteiger partial charge in [0.2, 0.25) is 0 Å². The van der Waals surface area contributed by atoms with Gasteiger partial charge >= 0.3 is 0 Å². The summed E-state index contributed by atoms with van der Waals surface area (Å²) in [6, 6.07) is 31.1. The summed E-state index contributed by atoms with van der Waals surface area (Å²) in [4.78, 5) is 0. The van der Waals surface area contributed by atoms with Gasteiger partial charge in [-0.15, -0.1) is 0 Å². The Balaban J connectivity index is 1.22. The van der Waals surface area contributed by atoms with Crippen LogP contribution in [-0.4, -0.2) is 0 Å². The highest BCUT2D eigenvalue weighted by Gasteiger charge is 2.23. The minimum absolute atomic E-state index is 0.170. The molecule has 0 unspecified atom stereocenters. The Morgan fingerprint density at radius 1 is 0.453 bits per heavy atom.